The molecule has 0 amide bonds. The van der Waals surface area contributed by atoms with Gasteiger partial charge in [-0.25, -0.2) is 12.7 Å². The molecule has 1 unspecified atom stereocenters. The van der Waals surface area contributed by atoms with Gasteiger partial charge in [0, 0.05) is 32.4 Å². The fourth-order valence-corrected chi connectivity index (χ4v) is 2.33. The van der Waals surface area contributed by atoms with Crippen LogP contribution in [0.4, 0.5) is 5.69 Å². The molecule has 1 atom stereocenters. The van der Waals surface area contributed by atoms with Crippen molar-refractivity contribution in [3.8, 4) is 0 Å². The summed E-state index contributed by atoms with van der Waals surface area (Å²) in [7, 11) is -0.323. The van der Waals surface area contributed by atoms with Crippen molar-refractivity contribution in [2.24, 2.45) is 11.7 Å². The second-order valence-electron chi connectivity index (χ2n) is 5.10. The first-order valence-electron chi connectivity index (χ1n) is 6.27. The molecule has 108 valence electrons. The lowest BCUT2D eigenvalue weighted by Crippen LogP contribution is -2.33. The number of hydrogen-bond donors (Lipinski definition) is 2. The van der Waals surface area contributed by atoms with Crippen LogP contribution in [-0.2, 0) is 10.0 Å². The van der Waals surface area contributed by atoms with E-state index < -0.39 is 10.0 Å². The van der Waals surface area contributed by atoms with Crippen molar-refractivity contribution < 1.29 is 8.42 Å². The Kier molecular flexibility index (Phi) is 5.34. The Morgan fingerprint density at radius 3 is 2.16 bits per heavy atom. The maximum atomic E-state index is 11.9. The van der Waals surface area contributed by atoms with Crippen LogP contribution in [0.2, 0.25) is 0 Å². The second kappa shape index (κ2) is 6.36. The first-order chi connectivity index (χ1) is 8.75. The maximum Gasteiger partial charge on any atom is 0.242 e. The minimum atomic E-state index is -3.36. The molecular formula is C13H23N3O2S. The molecule has 0 aromatic heterocycles. The van der Waals surface area contributed by atoms with E-state index in [9.17, 15) is 8.42 Å². The number of hydrogen-bond acceptors (Lipinski definition) is 4. The lowest BCUT2D eigenvalue weighted by Gasteiger charge is -2.17. The molecular weight excluding hydrogens is 262 g/mol. The van der Waals surface area contributed by atoms with Gasteiger partial charge in [-0.2, -0.15) is 0 Å². The zero-order valence-corrected chi connectivity index (χ0v) is 12.7. The zero-order chi connectivity index (χ0) is 14.6. The molecule has 0 aliphatic rings. The van der Waals surface area contributed by atoms with Gasteiger partial charge in [-0.15, -0.1) is 0 Å². The predicted molar refractivity (Wildman–Crippen MR) is 78.6 cm³/mol. The first-order valence-corrected chi connectivity index (χ1v) is 7.71. The normalized spacial score (nSPS) is 13.8. The highest BCUT2D eigenvalue weighted by Crippen LogP contribution is 2.16. The van der Waals surface area contributed by atoms with Crippen molar-refractivity contribution in [1.29, 1.82) is 0 Å². The van der Waals surface area contributed by atoms with Crippen LogP contribution in [0.5, 0.6) is 0 Å². The fraction of sp³-hybridized carbons (Fsp3) is 0.538. The lowest BCUT2D eigenvalue weighted by molar-refractivity contribution is 0.511. The molecule has 1 aromatic rings. The average molecular weight is 285 g/mol. The van der Waals surface area contributed by atoms with Crippen LogP contribution in [0.1, 0.15) is 13.8 Å². The Morgan fingerprint density at radius 2 is 1.74 bits per heavy atom. The molecule has 1 rings (SSSR count). The summed E-state index contributed by atoms with van der Waals surface area (Å²) < 4.78 is 25.0. The number of anilines is 1. The number of nitrogens with two attached hydrogens (primary N) is 1. The zero-order valence-electron chi connectivity index (χ0n) is 11.9. The first kappa shape index (κ1) is 15.9. The van der Waals surface area contributed by atoms with E-state index in [-0.39, 0.29) is 10.9 Å². The van der Waals surface area contributed by atoms with Crippen molar-refractivity contribution in [3.05, 3.63) is 24.3 Å². The van der Waals surface area contributed by atoms with Gasteiger partial charge < -0.3 is 11.1 Å². The Bertz CT molecular complexity index is 495. The van der Waals surface area contributed by atoms with Gasteiger partial charge in [-0.1, -0.05) is 13.8 Å². The van der Waals surface area contributed by atoms with Crippen molar-refractivity contribution in [3.63, 3.8) is 0 Å². The quantitative estimate of drug-likeness (QED) is 0.827. The van der Waals surface area contributed by atoms with Crippen LogP contribution < -0.4 is 11.1 Å². The van der Waals surface area contributed by atoms with Crippen LogP contribution in [-0.4, -0.2) is 39.4 Å². The van der Waals surface area contributed by atoms with Crippen LogP contribution in [0.25, 0.3) is 0 Å². The Morgan fingerprint density at radius 1 is 1.21 bits per heavy atom. The van der Waals surface area contributed by atoms with E-state index in [1.54, 1.807) is 24.3 Å². The van der Waals surface area contributed by atoms with Crippen LogP contribution in [0.3, 0.4) is 0 Å². The number of sulfonamides is 1. The summed E-state index contributed by atoms with van der Waals surface area (Å²) in [6, 6.07) is 6.77. The summed E-state index contributed by atoms with van der Waals surface area (Å²) in [5.41, 5.74) is 6.81. The third kappa shape index (κ3) is 4.19. The van der Waals surface area contributed by atoms with Crippen molar-refractivity contribution in [2.75, 3.05) is 26.0 Å². The minimum absolute atomic E-state index is 0.0742. The Hall–Kier alpha value is -1.11. The van der Waals surface area contributed by atoms with Crippen molar-refractivity contribution in [1.82, 2.24) is 4.31 Å². The number of nitrogens with zero attached hydrogens (tertiary/aromatic N) is 1. The molecule has 0 bridgehead atoms. The molecule has 0 heterocycles. The molecule has 0 aliphatic heterocycles. The maximum absolute atomic E-state index is 11.9. The molecule has 0 fully saturated rings. The highest BCUT2D eigenvalue weighted by molar-refractivity contribution is 7.89. The molecule has 0 radical (unpaired) electrons. The van der Waals surface area contributed by atoms with E-state index in [1.165, 1.54) is 18.4 Å². The SMILES string of the molecule is CC(C)C(N)CNc1ccc(S(=O)(=O)N(C)C)cc1. The molecule has 1 aromatic carbocycles. The van der Waals surface area contributed by atoms with Gasteiger partial charge in [0.15, 0.2) is 0 Å². The molecule has 0 saturated carbocycles. The van der Waals surface area contributed by atoms with Crippen molar-refractivity contribution in [2.45, 2.75) is 24.8 Å². The Labute approximate surface area is 115 Å². The largest absolute Gasteiger partial charge is 0.383 e. The third-order valence-corrected chi connectivity index (χ3v) is 4.86. The number of rotatable bonds is 6. The van der Waals surface area contributed by atoms with E-state index in [2.05, 4.69) is 19.2 Å². The number of benzene rings is 1. The van der Waals surface area contributed by atoms with E-state index in [1.807, 2.05) is 0 Å². The molecule has 19 heavy (non-hydrogen) atoms. The smallest absolute Gasteiger partial charge is 0.242 e. The van der Waals surface area contributed by atoms with Crippen LogP contribution >= 0.6 is 0 Å². The summed E-state index contributed by atoms with van der Waals surface area (Å²) in [5.74, 6) is 0.404. The van der Waals surface area contributed by atoms with Crippen molar-refractivity contribution >= 4 is 15.7 Å². The molecule has 5 nitrogen and oxygen atoms in total. The van der Waals surface area contributed by atoms with Gasteiger partial charge >= 0.3 is 0 Å². The summed E-state index contributed by atoms with van der Waals surface area (Å²) in [6.07, 6.45) is 0. The van der Waals surface area contributed by atoms with E-state index >= 15 is 0 Å². The molecule has 0 spiro atoms. The molecule has 0 aliphatic carbocycles. The third-order valence-electron chi connectivity index (χ3n) is 3.03. The van der Waals surface area contributed by atoms with Gasteiger partial charge in [0.1, 0.15) is 0 Å². The summed E-state index contributed by atoms with van der Waals surface area (Å²) >= 11 is 0. The molecule has 3 N–H and O–H groups in total. The van der Waals surface area contributed by atoms with Gasteiger partial charge in [0.2, 0.25) is 10.0 Å². The summed E-state index contributed by atoms with van der Waals surface area (Å²) in [5, 5.41) is 3.20. The highest BCUT2D eigenvalue weighted by atomic mass is 32.2. The summed E-state index contributed by atoms with van der Waals surface area (Å²) in [4.78, 5) is 0.288. The summed E-state index contributed by atoms with van der Waals surface area (Å²) in [6.45, 7) is 4.80. The lowest BCUT2D eigenvalue weighted by atomic mass is 10.1. The van der Waals surface area contributed by atoms with Crippen LogP contribution in [0, 0.1) is 5.92 Å². The monoisotopic (exact) mass is 285 g/mol. The topological polar surface area (TPSA) is 75.4 Å². The predicted octanol–water partition coefficient (Wildman–Crippen LogP) is 1.33. The average Bonchev–Trinajstić information content (AvgIpc) is 2.36. The highest BCUT2D eigenvalue weighted by Gasteiger charge is 2.16. The van der Waals surface area contributed by atoms with Gasteiger partial charge in [-0.05, 0) is 30.2 Å². The second-order valence-corrected chi connectivity index (χ2v) is 7.25. The van der Waals surface area contributed by atoms with E-state index in [4.69, 9.17) is 5.73 Å². The van der Waals surface area contributed by atoms with Gasteiger partial charge in [0.25, 0.3) is 0 Å². The van der Waals surface area contributed by atoms with Crippen LogP contribution in [0.15, 0.2) is 29.2 Å². The number of nitrogens with one attached hydrogen (secondary N) is 1. The van der Waals surface area contributed by atoms with E-state index in [0.717, 1.165) is 5.69 Å². The molecule has 6 heteroatoms. The minimum Gasteiger partial charge on any atom is -0.383 e. The Balaban J connectivity index is 2.73. The van der Waals surface area contributed by atoms with E-state index in [0.29, 0.717) is 12.5 Å². The standard InChI is InChI=1S/C13H23N3O2S/c1-10(2)13(14)9-15-11-5-7-12(8-6-11)19(17,18)16(3)4/h5-8,10,13,15H,9,14H2,1-4H3. The molecule has 0 saturated heterocycles. The van der Waals surface area contributed by atoms with Gasteiger partial charge in [0.05, 0.1) is 4.90 Å². The van der Waals surface area contributed by atoms with Gasteiger partial charge in [-0.3, -0.25) is 0 Å². The fourth-order valence-electron chi connectivity index (χ4n) is 1.43.